The van der Waals surface area contributed by atoms with Gasteiger partial charge in [-0.05, 0) is 40.1 Å². The van der Waals surface area contributed by atoms with Gasteiger partial charge >= 0.3 is 33.4 Å². The first-order chi connectivity index (χ1) is 15.0. The van der Waals surface area contributed by atoms with Gasteiger partial charge in [0, 0.05) is 0 Å². The lowest BCUT2D eigenvalue weighted by Crippen LogP contribution is -2.63. The van der Waals surface area contributed by atoms with E-state index in [2.05, 4.69) is 4.18 Å². The predicted octanol–water partition coefficient (Wildman–Crippen LogP) is 6.64. The summed E-state index contributed by atoms with van der Waals surface area (Å²) in [6, 6.07) is 16.1. The molecule has 0 saturated carbocycles. The van der Waals surface area contributed by atoms with Crippen LogP contribution in [0.1, 0.15) is 0 Å². The van der Waals surface area contributed by atoms with Crippen LogP contribution in [-0.4, -0.2) is 31.7 Å². The second kappa shape index (κ2) is 7.82. The first-order valence-corrected chi connectivity index (χ1v) is 10.2. The smallest absolute Gasteiger partial charge is 0.378 e. The Morgan fingerprint density at radius 3 is 1.67 bits per heavy atom. The van der Waals surface area contributed by atoms with Crippen LogP contribution in [0.25, 0.3) is 21.9 Å². The van der Waals surface area contributed by atoms with Gasteiger partial charge in [-0.15, -0.1) is 0 Å². The van der Waals surface area contributed by atoms with Crippen LogP contribution >= 0.6 is 0 Å². The highest BCUT2D eigenvalue weighted by Crippen LogP contribution is 2.55. The molecule has 0 fully saturated rings. The van der Waals surface area contributed by atoms with E-state index in [1.165, 1.54) is 0 Å². The molecular formula is C20H11F9O3S. The van der Waals surface area contributed by atoms with Gasteiger partial charge in [0.05, 0.1) is 0 Å². The summed E-state index contributed by atoms with van der Waals surface area (Å²) in [5.41, 5.74) is 0.996. The molecule has 0 aliphatic carbocycles. The number of hydrogen-bond donors (Lipinski definition) is 0. The van der Waals surface area contributed by atoms with Crippen molar-refractivity contribution in [1.29, 1.82) is 0 Å². The number of hydrogen-bond acceptors (Lipinski definition) is 3. The van der Waals surface area contributed by atoms with Crippen LogP contribution in [0.15, 0.2) is 66.7 Å². The van der Waals surface area contributed by atoms with Crippen molar-refractivity contribution in [1.82, 2.24) is 0 Å². The molecule has 0 bridgehead atoms. The molecule has 0 unspecified atom stereocenters. The van der Waals surface area contributed by atoms with Crippen molar-refractivity contribution in [2.24, 2.45) is 0 Å². The van der Waals surface area contributed by atoms with E-state index in [4.69, 9.17) is 0 Å². The van der Waals surface area contributed by atoms with Crippen molar-refractivity contribution < 1.29 is 52.1 Å². The van der Waals surface area contributed by atoms with Crippen molar-refractivity contribution >= 4 is 20.9 Å². The lowest BCUT2D eigenvalue weighted by atomic mass is 10.0. The zero-order valence-corrected chi connectivity index (χ0v) is 16.7. The summed E-state index contributed by atoms with van der Waals surface area (Å²) < 4.78 is 144. The van der Waals surface area contributed by atoms with Crippen molar-refractivity contribution in [2.45, 2.75) is 23.3 Å². The fraction of sp³-hybridized carbons (Fsp3) is 0.200. The van der Waals surface area contributed by atoms with Gasteiger partial charge < -0.3 is 4.18 Å². The van der Waals surface area contributed by atoms with E-state index < -0.39 is 39.1 Å². The zero-order valence-electron chi connectivity index (χ0n) is 15.9. The topological polar surface area (TPSA) is 43.4 Å². The number of rotatable bonds is 6. The molecule has 178 valence electrons. The van der Waals surface area contributed by atoms with Crippen LogP contribution in [0, 0.1) is 0 Å². The number of fused-ring (bicyclic) bond motifs is 1. The van der Waals surface area contributed by atoms with Gasteiger partial charge in [-0.3, -0.25) is 0 Å². The third kappa shape index (κ3) is 4.09. The Morgan fingerprint density at radius 2 is 1.12 bits per heavy atom. The van der Waals surface area contributed by atoms with E-state index in [0.29, 0.717) is 11.1 Å². The summed E-state index contributed by atoms with van der Waals surface area (Å²) in [5, 5.41) is -5.20. The highest BCUT2D eigenvalue weighted by Gasteiger charge is 2.86. The third-order valence-electron chi connectivity index (χ3n) is 4.57. The van der Waals surface area contributed by atoms with Crippen molar-refractivity contribution in [3.05, 3.63) is 66.7 Å². The summed E-state index contributed by atoms with van der Waals surface area (Å²) >= 11 is 0. The Kier molecular flexibility index (Phi) is 5.85. The molecular weight excluding hydrogens is 491 g/mol. The minimum Gasteiger partial charge on any atom is -0.378 e. The SMILES string of the molecule is O=S(=O)(Oc1ccc(-c2ccc3ccccc3c2)cc1)C(F)(F)C(F)(F)C(F)(F)C(F)(F)F. The highest BCUT2D eigenvalue weighted by molar-refractivity contribution is 7.88. The van der Waals surface area contributed by atoms with Gasteiger partial charge in [0.25, 0.3) is 0 Å². The van der Waals surface area contributed by atoms with Crippen LogP contribution < -0.4 is 4.18 Å². The van der Waals surface area contributed by atoms with Gasteiger partial charge in [0.2, 0.25) is 0 Å². The van der Waals surface area contributed by atoms with Crippen LogP contribution in [0.5, 0.6) is 5.75 Å². The Balaban J connectivity index is 1.89. The molecule has 3 nitrogen and oxygen atoms in total. The molecule has 0 radical (unpaired) electrons. The molecule has 33 heavy (non-hydrogen) atoms. The Morgan fingerprint density at radius 1 is 0.606 bits per heavy atom. The first kappa shape index (κ1) is 24.7. The molecule has 0 atom stereocenters. The molecule has 0 spiro atoms. The molecule has 0 aliphatic rings. The van der Waals surface area contributed by atoms with E-state index >= 15 is 0 Å². The largest absolute Gasteiger partial charge is 0.460 e. The maximum atomic E-state index is 13.7. The molecule has 3 rings (SSSR count). The maximum absolute atomic E-state index is 13.7. The highest BCUT2D eigenvalue weighted by atomic mass is 32.2. The van der Waals surface area contributed by atoms with E-state index in [9.17, 15) is 47.9 Å². The van der Waals surface area contributed by atoms with Crippen molar-refractivity contribution in [2.75, 3.05) is 0 Å². The van der Waals surface area contributed by atoms with Gasteiger partial charge in [0.1, 0.15) is 5.75 Å². The van der Waals surface area contributed by atoms with Crippen LogP contribution in [0.3, 0.4) is 0 Å². The summed E-state index contributed by atoms with van der Waals surface area (Å²) in [6.07, 6.45) is -7.16. The van der Waals surface area contributed by atoms with Crippen LogP contribution in [0.4, 0.5) is 39.5 Å². The number of halogens is 9. The molecule has 0 saturated heterocycles. The van der Waals surface area contributed by atoms with Crippen LogP contribution in [0.2, 0.25) is 0 Å². The van der Waals surface area contributed by atoms with Crippen molar-refractivity contribution in [3.8, 4) is 16.9 Å². The van der Waals surface area contributed by atoms with Gasteiger partial charge in [0.15, 0.2) is 0 Å². The normalized spacial score (nSPS) is 13.8. The summed E-state index contributed by atoms with van der Waals surface area (Å²) in [4.78, 5) is 0. The monoisotopic (exact) mass is 502 g/mol. The minimum atomic E-state index is -7.36. The van der Waals surface area contributed by atoms with Gasteiger partial charge in [-0.1, -0.05) is 48.5 Å². The molecule has 0 amide bonds. The minimum absolute atomic E-state index is 0.409. The van der Waals surface area contributed by atoms with Gasteiger partial charge in [-0.25, -0.2) is 0 Å². The molecule has 0 heterocycles. The Labute approximate surface area is 180 Å². The second-order valence-corrected chi connectivity index (χ2v) is 8.37. The molecule has 0 aliphatic heterocycles. The number of alkyl halides is 9. The van der Waals surface area contributed by atoms with Crippen LogP contribution in [-0.2, 0) is 10.1 Å². The van der Waals surface area contributed by atoms with E-state index in [1.54, 1.807) is 36.4 Å². The second-order valence-electron chi connectivity index (χ2n) is 6.79. The number of benzene rings is 3. The lowest BCUT2D eigenvalue weighted by Gasteiger charge is -2.32. The maximum Gasteiger partial charge on any atom is 0.460 e. The van der Waals surface area contributed by atoms with E-state index in [0.717, 1.165) is 35.0 Å². The van der Waals surface area contributed by atoms with E-state index in [1.807, 2.05) is 6.07 Å². The summed E-state index contributed by atoms with van der Waals surface area (Å²) in [5.74, 6) is -15.7. The predicted molar refractivity (Wildman–Crippen MR) is 99.8 cm³/mol. The van der Waals surface area contributed by atoms with Gasteiger partial charge in [-0.2, -0.15) is 47.9 Å². The average Bonchev–Trinajstić information content (AvgIpc) is 2.72. The molecule has 0 aromatic heterocycles. The zero-order chi connectivity index (χ0) is 24.9. The molecule has 13 heteroatoms. The van der Waals surface area contributed by atoms with E-state index in [-0.39, 0.29) is 0 Å². The summed E-state index contributed by atoms with van der Waals surface area (Å²) in [6.45, 7) is 0. The fourth-order valence-electron chi connectivity index (χ4n) is 2.77. The quantitative estimate of drug-likeness (QED) is 0.280. The third-order valence-corrected chi connectivity index (χ3v) is 5.87. The first-order valence-electron chi connectivity index (χ1n) is 8.75. The Bertz CT molecular complexity index is 1270. The standard InChI is InChI=1S/C20H11F9O3S/c21-17(22,19(25,26)27)18(23,24)20(28,29)33(30,31)32-16-9-7-13(8-10-16)15-6-5-12-3-1-2-4-14(12)11-15/h1-11H. The molecule has 3 aromatic carbocycles. The average molecular weight is 502 g/mol. The lowest BCUT2D eigenvalue weighted by molar-refractivity contribution is -0.382. The molecule has 0 N–H and O–H groups in total. The fourth-order valence-corrected chi connectivity index (χ4v) is 3.68. The summed E-state index contributed by atoms with van der Waals surface area (Å²) in [7, 11) is -6.98. The Hall–Kier alpha value is -2.96. The molecule has 3 aromatic rings. The van der Waals surface area contributed by atoms with Crippen molar-refractivity contribution in [3.63, 3.8) is 0 Å².